The Kier molecular flexibility index (Phi) is 7.63. The molecule has 0 saturated carbocycles. The number of H-pyrrole nitrogens is 1. The number of aromatic nitrogens is 5. The molecular formula is C24H26N8O4S. The van der Waals surface area contributed by atoms with Gasteiger partial charge in [0, 0.05) is 12.1 Å². The molecule has 0 spiro atoms. The largest absolute Gasteiger partial charge is 0.497 e. The maximum atomic E-state index is 13.2. The van der Waals surface area contributed by atoms with Gasteiger partial charge in [0.15, 0.2) is 11.5 Å². The average molecular weight is 523 g/mol. The minimum atomic E-state index is -0.740. The second-order valence-electron chi connectivity index (χ2n) is 7.90. The number of hydrogen-bond acceptors (Lipinski definition) is 9. The molecule has 0 radical (unpaired) electrons. The Labute approximate surface area is 215 Å². The number of anilines is 2. The normalized spacial score (nSPS) is 10.9. The van der Waals surface area contributed by atoms with Crippen molar-refractivity contribution in [2.24, 2.45) is 0 Å². The summed E-state index contributed by atoms with van der Waals surface area (Å²) in [6.07, 6.45) is 0. The van der Waals surface area contributed by atoms with Crippen LogP contribution in [0.3, 0.4) is 0 Å². The van der Waals surface area contributed by atoms with Gasteiger partial charge in [-0.3, -0.25) is 19.1 Å². The van der Waals surface area contributed by atoms with Crippen molar-refractivity contribution in [2.75, 3.05) is 35.9 Å². The Balaban J connectivity index is 1.55. The van der Waals surface area contributed by atoms with Crippen LogP contribution in [-0.4, -0.2) is 49.7 Å². The van der Waals surface area contributed by atoms with Gasteiger partial charge < -0.3 is 21.2 Å². The van der Waals surface area contributed by atoms with Gasteiger partial charge in [0.1, 0.15) is 11.6 Å². The van der Waals surface area contributed by atoms with E-state index in [0.29, 0.717) is 16.7 Å². The van der Waals surface area contributed by atoms with Gasteiger partial charge in [-0.2, -0.15) is 0 Å². The quantitative estimate of drug-likeness (QED) is 0.217. The van der Waals surface area contributed by atoms with E-state index in [9.17, 15) is 14.4 Å². The van der Waals surface area contributed by atoms with Crippen molar-refractivity contribution < 1.29 is 9.53 Å². The van der Waals surface area contributed by atoms with Crippen molar-refractivity contribution in [3.63, 3.8) is 0 Å². The number of nitrogens with one attached hydrogen (secondary N) is 1. The fourth-order valence-corrected chi connectivity index (χ4v) is 4.47. The van der Waals surface area contributed by atoms with Crippen LogP contribution in [-0.2, 0) is 11.3 Å². The molecule has 192 valence electrons. The molecule has 0 bridgehead atoms. The van der Waals surface area contributed by atoms with E-state index in [0.717, 1.165) is 22.9 Å². The smallest absolute Gasteiger partial charge is 0.330 e. The van der Waals surface area contributed by atoms with Crippen LogP contribution in [0.4, 0.5) is 11.5 Å². The molecule has 2 aromatic carbocycles. The number of methoxy groups -OCH3 is 1. The molecule has 4 aromatic rings. The fourth-order valence-electron chi connectivity index (χ4n) is 3.74. The molecule has 37 heavy (non-hydrogen) atoms. The molecule has 2 heterocycles. The number of nitrogen functional groups attached to an aromatic ring is 2. The third kappa shape index (κ3) is 5.35. The Hall–Kier alpha value is -4.52. The Morgan fingerprint density at radius 3 is 2.46 bits per heavy atom. The van der Waals surface area contributed by atoms with Crippen LogP contribution in [0.1, 0.15) is 12.5 Å². The van der Waals surface area contributed by atoms with Crippen molar-refractivity contribution in [1.29, 1.82) is 0 Å². The summed E-state index contributed by atoms with van der Waals surface area (Å²) in [5.74, 6) is 6.67. The third-order valence-corrected chi connectivity index (χ3v) is 6.55. The Morgan fingerprint density at radius 1 is 1.11 bits per heavy atom. The summed E-state index contributed by atoms with van der Waals surface area (Å²) >= 11 is 1.07. The lowest BCUT2D eigenvalue weighted by Gasteiger charge is -2.23. The van der Waals surface area contributed by atoms with Crippen LogP contribution in [0.2, 0.25) is 0 Å². The lowest BCUT2D eigenvalue weighted by molar-refractivity contribution is -0.116. The summed E-state index contributed by atoms with van der Waals surface area (Å²) in [4.78, 5) is 41.9. The van der Waals surface area contributed by atoms with Crippen LogP contribution < -0.4 is 32.5 Å². The standard InChI is InChI=1S/C24H26N8O4S/c1-3-30(19-20(25)31(23(35)27-22(19)34)13-15-7-5-4-6-8-15)18(33)14-37-24-29-28-21(32(24)26)16-9-11-17(36-2)12-10-16/h4-12H,3,13-14,25-26H2,1-2H3,(H,27,34,35). The summed E-state index contributed by atoms with van der Waals surface area (Å²) < 4.78 is 7.68. The number of carbonyl (C=O) groups is 1. The van der Waals surface area contributed by atoms with Gasteiger partial charge in [-0.1, -0.05) is 42.1 Å². The van der Waals surface area contributed by atoms with Crippen LogP contribution in [0, 0.1) is 0 Å². The van der Waals surface area contributed by atoms with Crippen molar-refractivity contribution in [2.45, 2.75) is 18.6 Å². The zero-order chi connectivity index (χ0) is 26.5. The van der Waals surface area contributed by atoms with Crippen molar-refractivity contribution in [3.8, 4) is 17.1 Å². The predicted octanol–water partition coefficient (Wildman–Crippen LogP) is 1.29. The van der Waals surface area contributed by atoms with E-state index in [4.69, 9.17) is 16.3 Å². The van der Waals surface area contributed by atoms with E-state index in [2.05, 4.69) is 15.2 Å². The van der Waals surface area contributed by atoms with Crippen LogP contribution >= 0.6 is 11.8 Å². The van der Waals surface area contributed by atoms with Gasteiger partial charge in [0.05, 0.1) is 19.4 Å². The molecule has 0 unspecified atom stereocenters. The highest BCUT2D eigenvalue weighted by molar-refractivity contribution is 7.99. The molecule has 0 aliphatic rings. The number of amides is 1. The topological polar surface area (TPSA) is 167 Å². The maximum Gasteiger partial charge on any atom is 0.330 e. The number of benzene rings is 2. The van der Waals surface area contributed by atoms with E-state index in [1.54, 1.807) is 38.3 Å². The number of nitrogens with two attached hydrogens (primary N) is 2. The van der Waals surface area contributed by atoms with E-state index < -0.39 is 17.2 Å². The number of carbonyl (C=O) groups excluding carboxylic acids is 1. The zero-order valence-electron chi connectivity index (χ0n) is 20.2. The van der Waals surface area contributed by atoms with E-state index in [-0.39, 0.29) is 30.3 Å². The lowest BCUT2D eigenvalue weighted by Crippen LogP contribution is -2.42. The van der Waals surface area contributed by atoms with Crippen molar-refractivity contribution in [1.82, 2.24) is 24.4 Å². The average Bonchev–Trinajstić information content (AvgIpc) is 3.28. The van der Waals surface area contributed by atoms with Crippen LogP contribution in [0.25, 0.3) is 11.4 Å². The second-order valence-corrected chi connectivity index (χ2v) is 8.84. The molecule has 5 N–H and O–H groups in total. The first-order valence-corrected chi connectivity index (χ1v) is 12.3. The first kappa shape index (κ1) is 25.6. The first-order chi connectivity index (χ1) is 17.8. The summed E-state index contributed by atoms with van der Waals surface area (Å²) in [7, 11) is 1.57. The molecule has 4 rings (SSSR count). The zero-order valence-corrected chi connectivity index (χ0v) is 21.1. The van der Waals surface area contributed by atoms with E-state index in [1.165, 1.54) is 14.1 Å². The first-order valence-electron chi connectivity index (χ1n) is 11.3. The van der Waals surface area contributed by atoms with Crippen molar-refractivity contribution >= 4 is 29.2 Å². The van der Waals surface area contributed by atoms with E-state index in [1.807, 2.05) is 30.3 Å². The Bertz CT molecular complexity index is 1510. The highest BCUT2D eigenvalue weighted by atomic mass is 32.2. The number of aromatic amines is 1. The highest BCUT2D eigenvalue weighted by Gasteiger charge is 2.24. The molecule has 2 aromatic heterocycles. The molecule has 0 aliphatic heterocycles. The third-order valence-electron chi connectivity index (χ3n) is 5.62. The van der Waals surface area contributed by atoms with Gasteiger partial charge >= 0.3 is 5.69 Å². The summed E-state index contributed by atoms with van der Waals surface area (Å²) in [5.41, 5.74) is 6.31. The maximum absolute atomic E-state index is 13.2. The number of thioether (sulfide) groups is 1. The summed E-state index contributed by atoms with van der Waals surface area (Å²) in [5, 5.41) is 8.51. The van der Waals surface area contributed by atoms with Gasteiger partial charge in [0.2, 0.25) is 11.1 Å². The molecule has 0 atom stereocenters. The summed E-state index contributed by atoms with van der Waals surface area (Å²) in [6.45, 7) is 2.00. The van der Waals surface area contributed by atoms with Gasteiger partial charge in [-0.05, 0) is 36.8 Å². The molecular weight excluding hydrogens is 496 g/mol. The SMILES string of the molecule is CCN(C(=O)CSc1nnc(-c2ccc(OC)cc2)n1N)c1c(N)n(Cc2ccccc2)c(=O)[nH]c1=O. The number of ether oxygens (including phenoxy) is 1. The molecule has 0 fully saturated rings. The molecule has 1 amide bonds. The predicted molar refractivity (Wildman–Crippen MR) is 142 cm³/mol. The molecule has 0 saturated heterocycles. The van der Waals surface area contributed by atoms with Gasteiger partial charge in [-0.15, -0.1) is 10.2 Å². The fraction of sp³-hybridized carbons (Fsp3) is 0.208. The number of rotatable bonds is 9. The second kappa shape index (κ2) is 11.0. The number of hydrogen-bond donors (Lipinski definition) is 3. The molecule has 13 heteroatoms. The van der Waals surface area contributed by atoms with Gasteiger partial charge in [0.25, 0.3) is 5.56 Å². The highest BCUT2D eigenvalue weighted by Crippen LogP contribution is 2.25. The molecule has 0 aliphatic carbocycles. The van der Waals surface area contributed by atoms with Crippen LogP contribution in [0.15, 0.2) is 69.3 Å². The number of nitrogens with zero attached hydrogens (tertiary/aromatic N) is 5. The minimum Gasteiger partial charge on any atom is -0.497 e. The minimum absolute atomic E-state index is 0.0863. The lowest BCUT2D eigenvalue weighted by atomic mass is 10.2. The Morgan fingerprint density at radius 2 is 1.81 bits per heavy atom. The molecule has 12 nitrogen and oxygen atoms in total. The monoisotopic (exact) mass is 522 g/mol. The van der Waals surface area contributed by atoms with Crippen molar-refractivity contribution in [3.05, 3.63) is 81.0 Å². The van der Waals surface area contributed by atoms with Crippen LogP contribution in [0.5, 0.6) is 5.75 Å². The van der Waals surface area contributed by atoms with E-state index >= 15 is 0 Å². The van der Waals surface area contributed by atoms with Gasteiger partial charge in [-0.25, -0.2) is 9.47 Å². The summed E-state index contributed by atoms with van der Waals surface area (Å²) in [6, 6.07) is 16.3.